The van der Waals surface area contributed by atoms with E-state index < -0.39 is 6.04 Å². The Hall–Kier alpha value is -2.82. The van der Waals surface area contributed by atoms with Gasteiger partial charge in [0.1, 0.15) is 6.04 Å². The molecular weight excluding hydrogens is 314 g/mol. The van der Waals surface area contributed by atoms with Crippen LogP contribution in [0.4, 0.5) is 11.4 Å². The Bertz CT molecular complexity index is 784. The van der Waals surface area contributed by atoms with E-state index in [-0.39, 0.29) is 11.8 Å². The highest BCUT2D eigenvalue weighted by atomic mass is 16.2. The molecule has 0 aliphatic carbocycles. The van der Waals surface area contributed by atoms with Crippen LogP contribution < -0.4 is 15.1 Å². The minimum Gasteiger partial charge on any atom is -0.378 e. The number of carbonyl (C=O) groups is 2. The van der Waals surface area contributed by atoms with E-state index >= 15 is 0 Å². The first-order valence-electron chi connectivity index (χ1n) is 8.42. The summed E-state index contributed by atoms with van der Waals surface area (Å²) < 4.78 is 0. The van der Waals surface area contributed by atoms with Crippen LogP contribution in [-0.4, -0.2) is 38.5 Å². The van der Waals surface area contributed by atoms with Crippen LogP contribution in [0.3, 0.4) is 0 Å². The van der Waals surface area contributed by atoms with Gasteiger partial charge in [-0.25, -0.2) is 0 Å². The zero-order valence-corrected chi connectivity index (χ0v) is 14.8. The van der Waals surface area contributed by atoms with Crippen molar-refractivity contribution >= 4 is 23.2 Å². The van der Waals surface area contributed by atoms with Gasteiger partial charge in [0.05, 0.1) is 0 Å². The van der Waals surface area contributed by atoms with Gasteiger partial charge in [0.2, 0.25) is 5.91 Å². The maximum absolute atomic E-state index is 12.6. The highest BCUT2D eigenvalue weighted by Crippen LogP contribution is 2.22. The quantitative estimate of drug-likeness (QED) is 0.933. The van der Waals surface area contributed by atoms with Crippen LogP contribution in [0.15, 0.2) is 48.5 Å². The Morgan fingerprint density at radius 2 is 1.88 bits per heavy atom. The van der Waals surface area contributed by atoms with E-state index in [9.17, 15) is 9.59 Å². The number of nitrogens with zero attached hydrogens (tertiary/aromatic N) is 2. The van der Waals surface area contributed by atoms with Gasteiger partial charge >= 0.3 is 0 Å². The fourth-order valence-corrected chi connectivity index (χ4v) is 2.96. The second-order valence-corrected chi connectivity index (χ2v) is 6.58. The number of anilines is 2. The number of nitrogens with one attached hydrogen (secondary N) is 1. The first-order valence-corrected chi connectivity index (χ1v) is 8.42. The van der Waals surface area contributed by atoms with Gasteiger partial charge in [0, 0.05) is 37.6 Å². The standard InChI is InChI=1S/C20H23N3O2/c1-14-7-9-16(10-8-14)23-12-11-18(20(23)25)21-19(24)15-5-4-6-17(13-15)22(2)3/h4-10,13,18H,11-12H2,1-3H3,(H,21,24)/t18-/m0/s1. The van der Waals surface area contributed by atoms with Crippen molar-refractivity contribution in [1.29, 1.82) is 0 Å². The summed E-state index contributed by atoms with van der Waals surface area (Å²) in [7, 11) is 3.86. The SMILES string of the molecule is Cc1ccc(N2CC[C@H](NC(=O)c3cccc(N(C)C)c3)C2=O)cc1. The Kier molecular flexibility index (Phi) is 4.74. The molecule has 2 amide bonds. The molecule has 0 unspecified atom stereocenters. The molecule has 3 rings (SSSR count). The highest BCUT2D eigenvalue weighted by Gasteiger charge is 2.33. The number of aryl methyl sites for hydroxylation is 1. The lowest BCUT2D eigenvalue weighted by Crippen LogP contribution is -2.41. The minimum absolute atomic E-state index is 0.0547. The Morgan fingerprint density at radius 1 is 1.16 bits per heavy atom. The smallest absolute Gasteiger partial charge is 0.252 e. The molecule has 2 aromatic rings. The molecule has 1 atom stereocenters. The lowest BCUT2D eigenvalue weighted by molar-refractivity contribution is -0.118. The summed E-state index contributed by atoms with van der Waals surface area (Å²) in [6, 6.07) is 14.8. The summed E-state index contributed by atoms with van der Waals surface area (Å²) >= 11 is 0. The second kappa shape index (κ2) is 6.97. The number of hydrogen-bond acceptors (Lipinski definition) is 3. The first kappa shape index (κ1) is 17.0. The number of carbonyl (C=O) groups excluding carboxylic acids is 2. The van der Waals surface area contributed by atoms with Crippen molar-refractivity contribution in [1.82, 2.24) is 5.32 Å². The lowest BCUT2D eigenvalue weighted by Gasteiger charge is -2.18. The van der Waals surface area contributed by atoms with E-state index in [2.05, 4.69) is 5.32 Å². The molecule has 0 spiro atoms. The number of hydrogen-bond donors (Lipinski definition) is 1. The van der Waals surface area contributed by atoms with Crippen LogP contribution in [0.25, 0.3) is 0 Å². The zero-order valence-electron chi connectivity index (χ0n) is 14.8. The zero-order chi connectivity index (χ0) is 18.0. The fraction of sp³-hybridized carbons (Fsp3) is 0.300. The van der Waals surface area contributed by atoms with E-state index in [1.807, 2.05) is 68.4 Å². The summed E-state index contributed by atoms with van der Waals surface area (Å²) in [5.41, 5.74) is 3.54. The number of benzene rings is 2. The van der Waals surface area contributed by atoms with Gasteiger partial charge in [-0.15, -0.1) is 0 Å². The monoisotopic (exact) mass is 337 g/mol. The average molecular weight is 337 g/mol. The predicted molar refractivity (Wildman–Crippen MR) is 100 cm³/mol. The van der Waals surface area contributed by atoms with Crippen LogP contribution in [0.5, 0.6) is 0 Å². The Labute approximate surface area is 148 Å². The van der Waals surface area contributed by atoms with Crippen LogP contribution >= 0.6 is 0 Å². The molecule has 2 aromatic carbocycles. The Balaban J connectivity index is 1.69. The lowest BCUT2D eigenvalue weighted by atomic mass is 10.1. The van der Waals surface area contributed by atoms with Crippen LogP contribution in [0.1, 0.15) is 22.3 Å². The topological polar surface area (TPSA) is 52.7 Å². The van der Waals surface area contributed by atoms with Crippen molar-refractivity contribution in [2.24, 2.45) is 0 Å². The number of amides is 2. The molecule has 1 fully saturated rings. The average Bonchev–Trinajstić information content (AvgIpc) is 2.96. The van der Waals surface area contributed by atoms with Gasteiger partial charge in [-0.2, -0.15) is 0 Å². The first-order chi connectivity index (χ1) is 12.0. The van der Waals surface area contributed by atoms with Gasteiger partial charge in [0.25, 0.3) is 5.91 Å². The summed E-state index contributed by atoms with van der Waals surface area (Å²) in [4.78, 5) is 28.8. The third kappa shape index (κ3) is 3.65. The third-order valence-corrected chi connectivity index (χ3v) is 4.48. The van der Waals surface area contributed by atoms with Crippen molar-refractivity contribution in [2.75, 3.05) is 30.4 Å². The molecule has 0 aromatic heterocycles. The number of rotatable bonds is 4. The van der Waals surface area contributed by atoms with Crippen LogP contribution in [0, 0.1) is 6.92 Å². The fourth-order valence-electron chi connectivity index (χ4n) is 2.96. The van der Waals surface area contributed by atoms with Gasteiger partial charge in [0.15, 0.2) is 0 Å². The molecule has 5 heteroatoms. The van der Waals surface area contributed by atoms with Gasteiger partial charge < -0.3 is 15.1 Å². The summed E-state index contributed by atoms with van der Waals surface area (Å²) in [5.74, 6) is -0.270. The molecule has 0 bridgehead atoms. The Morgan fingerprint density at radius 3 is 2.56 bits per heavy atom. The maximum Gasteiger partial charge on any atom is 0.252 e. The summed E-state index contributed by atoms with van der Waals surface area (Å²) in [6.45, 7) is 2.63. The third-order valence-electron chi connectivity index (χ3n) is 4.48. The molecule has 1 aliphatic rings. The minimum atomic E-state index is -0.475. The molecule has 0 radical (unpaired) electrons. The molecule has 5 nitrogen and oxygen atoms in total. The summed E-state index contributed by atoms with van der Waals surface area (Å²) in [6.07, 6.45) is 0.617. The molecule has 0 saturated carbocycles. The van der Waals surface area contributed by atoms with E-state index in [1.54, 1.807) is 11.0 Å². The van der Waals surface area contributed by atoms with Crippen LogP contribution in [-0.2, 0) is 4.79 Å². The van der Waals surface area contributed by atoms with Gasteiger partial charge in [-0.1, -0.05) is 23.8 Å². The van der Waals surface area contributed by atoms with Crippen molar-refractivity contribution in [3.8, 4) is 0 Å². The van der Waals surface area contributed by atoms with Crippen molar-refractivity contribution in [3.63, 3.8) is 0 Å². The van der Waals surface area contributed by atoms with E-state index in [0.717, 1.165) is 16.9 Å². The van der Waals surface area contributed by atoms with E-state index in [0.29, 0.717) is 18.5 Å². The van der Waals surface area contributed by atoms with Crippen molar-refractivity contribution in [3.05, 3.63) is 59.7 Å². The molecule has 130 valence electrons. The van der Waals surface area contributed by atoms with Gasteiger partial charge in [-0.05, 0) is 43.7 Å². The molecule has 25 heavy (non-hydrogen) atoms. The largest absolute Gasteiger partial charge is 0.378 e. The van der Waals surface area contributed by atoms with E-state index in [1.165, 1.54) is 0 Å². The van der Waals surface area contributed by atoms with Gasteiger partial charge in [-0.3, -0.25) is 9.59 Å². The molecule has 1 N–H and O–H groups in total. The molecular formula is C20H23N3O2. The predicted octanol–water partition coefficient (Wildman–Crippen LogP) is 2.60. The van der Waals surface area contributed by atoms with Crippen LogP contribution in [0.2, 0.25) is 0 Å². The van der Waals surface area contributed by atoms with E-state index in [4.69, 9.17) is 0 Å². The maximum atomic E-state index is 12.6. The van der Waals surface area contributed by atoms with Crippen molar-refractivity contribution in [2.45, 2.75) is 19.4 Å². The summed E-state index contributed by atoms with van der Waals surface area (Å²) in [5, 5.41) is 2.87. The molecule has 1 aliphatic heterocycles. The highest BCUT2D eigenvalue weighted by molar-refractivity contribution is 6.04. The normalized spacial score (nSPS) is 16.8. The second-order valence-electron chi connectivity index (χ2n) is 6.58. The molecule has 1 saturated heterocycles. The molecule has 1 heterocycles. The van der Waals surface area contributed by atoms with Crippen molar-refractivity contribution < 1.29 is 9.59 Å².